The van der Waals surface area contributed by atoms with Crippen LogP contribution in [0.1, 0.15) is 11.4 Å². The maximum Gasteiger partial charge on any atom is 0.120 e. The summed E-state index contributed by atoms with van der Waals surface area (Å²) in [6.45, 7) is 4.55. The number of aliphatic hydroxyl groups is 1. The molecule has 3 aromatic rings. The molecule has 0 fully saturated rings. The van der Waals surface area contributed by atoms with Gasteiger partial charge in [0.15, 0.2) is 0 Å². The fourth-order valence-electron chi connectivity index (χ4n) is 2.55. The predicted molar refractivity (Wildman–Crippen MR) is 94.9 cm³/mol. The van der Waals surface area contributed by atoms with Crippen LogP contribution >= 0.6 is 15.9 Å². The first-order valence-corrected chi connectivity index (χ1v) is 8.33. The zero-order valence-corrected chi connectivity index (χ0v) is 14.7. The highest BCUT2D eigenvalue weighted by molar-refractivity contribution is 9.10. The second-order valence-corrected chi connectivity index (χ2v) is 6.43. The summed E-state index contributed by atoms with van der Waals surface area (Å²) in [6.07, 6.45) is -0.619. The first-order valence-electron chi connectivity index (χ1n) is 7.54. The Hall–Kier alpha value is -1.85. The summed E-state index contributed by atoms with van der Waals surface area (Å²) in [4.78, 5) is 0. The largest absolute Gasteiger partial charge is 0.491 e. The lowest BCUT2D eigenvalue weighted by Gasteiger charge is -2.14. The molecule has 1 unspecified atom stereocenters. The predicted octanol–water partition coefficient (Wildman–Crippen LogP) is 3.86. The van der Waals surface area contributed by atoms with Gasteiger partial charge in [-0.2, -0.15) is 5.10 Å². The number of ether oxygens (including phenoxy) is 1. The van der Waals surface area contributed by atoms with Crippen molar-refractivity contribution < 1.29 is 9.84 Å². The van der Waals surface area contributed by atoms with E-state index >= 15 is 0 Å². The van der Waals surface area contributed by atoms with E-state index < -0.39 is 6.10 Å². The fourth-order valence-corrected chi connectivity index (χ4v) is 2.84. The number of fused-ring (bicyclic) bond motifs is 1. The molecule has 0 amide bonds. The molecule has 120 valence electrons. The minimum atomic E-state index is -0.619. The van der Waals surface area contributed by atoms with E-state index in [1.165, 1.54) is 5.39 Å². The molecule has 1 N–H and O–H groups in total. The van der Waals surface area contributed by atoms with Crippen LogP contribution in [0.3, 0.4) is 0 Å². The molecule has 0 spiro atoms. The SMILES string of the molecule is Cc1nn(CC(O)COc2ccc3ccccc3c2)c(C)c1Br. The fraction of sp³-hybridized carbons (Fsp3) is 0.278. The van der Waals surface area contributed by atoms with Crippen molar-refractivity contribution in [3.05, 3.63) is 58.3 Å². The Labute approximate surface area is 143 Å². The Balaban J connectivity index is 1.63. The number of nitrogens with zero attached hydrogens (tertiary/aromatic N) is 2. The van der Waals surface area contributed by atoms with Crippen molar-refractivity contribution in [2.75, 3.05) is 6.61 Å². The van der Waals surface area contributed by atoms with Gasteiger partial charge in [-0.05, 0) is 52.7 Å². The van der Waals surface area contributed by atoms with Crippen molar-refractivity contribution in [1.29, 1.82) is 0 Å². The molecule has 0 bridgehead atoms. The summed E-state index contributed by atoms with van der Waals surface area (Å²) < 4.78 is 8.51. The molecule has 0 aliphatic heterocycles. The van der Waals surface area contributed by atoms with Gasteiger partial charge < -0.3 is 9.84 Å². The Morgan fingerprint density at radius 3 is 2.61 bits per heavy atom. The number of aliphatic hydroxyl groups excluding tert-OH is 1. The summed E-state index contributed by atoms with van der Waals surface area (Å²) in [7, 11) is 0. The van der Waals surface area contributed by atoms with Crippen LogP contribution in [0.4, 0.5) is 0 Å². The number of aryl methyl sites for hydroxylation is 1. The van der Waals surface area contributed by atoms with Gasteiger partial charge in [0.1, 0.15) is 18.5 Å². The van der Waals surface area contributed by atoms with Crippen molar-refractivity contribution in [2.24, 2.45) is 0 Å². The van der Waals surface area contributed by atoms with Gasteiger partial charge in [0.25, 0.3) is 0 Å². The van der Waals surface area contributed by atoms with Crippen LogP contribution in [0.2, 0.25) is 0 Å². The van der Waals surface area contributed by atoms with E-state index in [9.17, 15) is 5.11 Å². The third-order valence-electron chi connectivity index (χ3n) is 3.84. The molecule has 1 aromatic heterocycles. The van der Waals surface area contributed by atoms with Gasteiger partial charge >= 0.3 is 0 Å². The average molecular weight is 375 g/mol. The zero-order chi connectivity index (χ0) is 16.4. The Kier molecular flexibility index (Phi) is 4.68. The van der Waals surface area contributed by atoms with Crippen LogP contribution in [0, 0.1) is 13.8 Å². The third-order valence-corrected chi connectivity index (χ3v) is 4.99. The van der Waals surface area contributed by atoms with Gasteiger partial charge in [0, 0.05) is 5.69 Å². The van der Waals surface area contributed by atoms with Crippen molar-refractivity contribution >= 4 is 26.7 Å². The molecular formula is C18H19BrN2O2. The van der Waals surface area contributed by atoms with Crippen LogP contribution in [-0.4, -0.2) is 27.6 Å². The zero-order valence-electron chi connectivity index (χ0n) is 13.2. The van der Waals surface area contributed by atoms with Crippen LogP contribution in [-0.2, 0) is 6.54 Å². The molecule has 1 heterocycles. The van der Waals surface area contributed by atoms with Gasteiger partial charge in [-0.3, -0.25) is 4.68 Å². The van der Waals surface area contributed by atoms with Crippen LogP contribution in [0.25, 0.3) is 10.8 Å². The molecule has 0 saturated carbocycles. The smallest absolute Gasteiger partial charge is 0.120 e. The highest BCUT2D eigenvalue weighted by Crippen LogP contribution is 2.22. The summed E-state index contributed by atoms with van der Waals surface area (Å²) >= 11 is 3.49. The molecule has 0 aliphatic carbocycles. The summed E-state index contributed by atoms with van der Waals surface area (Å²) in [5, 5.41) is 16.9. The van der Waals surface area contributed by atoms with Crippen molar-refractivity contribution in [1.82, 2.24) is 9.78 Å². The maximum atomic E-state index is 10.2. The second kappa shape index (κ2) is 6.72. The van der Waals surface area contributed by atoms with Gasteiger partial charge in [-0.25, -0.2) is 0 Å². The minimum Gasteiger partial charge on any atom is -0.491 e. The molecule has 23 heavy (non-hydrogen) atoms. The molecule has 1 atom stereocenters. The van der Waals surface area contributed by atoms with Crippen LogP contribution in [0.15, 0.2) is 46.9 Å². The lowest BCUT2D eigenvalue weighted by molar-refractivity contribution is 0.0887. The number of hydrogen-bond acceptors (Lipinski definition) is 3. The molecule has 5 heteroatoms. The highest BCUT2D eigenvalue weighted by Gasteiger charge is 2.13. The topological polar surface area (TPSA) is 47.3 Å². The first-order chi connectivity index (χ1) is 11.0. The van der Waals surface area contributed by atoms with Gasteiger partial charge in [0.05, 0.1) is 16.7 Å². The Bertz CT molecular complexity index is 829. The van der Waals surface area contributed by atoms with E-state index in [4.69, 9.17) is 4.74 Å². The quantitative estimate of drug-likeness (QED) is 0.737. The molecule has 4 nitrogen and oxygen atoms in total. The standard InChI is InChI=1S/C18H19BrN2O2/c1-12-18(19)13(2)21(20-12)10-16(22)11-23-17-8-7-14-5-3-4-6-15(14)9-17/h3-9,16,22H,10-11H2,1-2H3. The van der Waals surface area contributed by atoms with E-state index in [2.05, 4.69) is 27.1 Å². The summed E-state index contributed by atoms with van der Waals surface area (Å²) in [5.41, 5.74) is 1.93. The van der Waals surface area contributed by atoms with E-state index in [0.717, 1.165) is 27.0 Å². The van der Waals surface area contributed by atoms with Crippen molar-refractivity contribution in [3.8, 4) is 5.75 Å². The van der Waals surface area contributed by atoms with Gasteiger partial charge in [-0.15, -0.1) is 0 Å². The Morgan fingerprint density at radius 2 is 1.91 bits per heavy atom. The molecule has 0 saturated heterocycles. The van der Waals surface area contributed by atoms with E-state index in [1.807, 2.05) is 50.2 Å². The lowest BCUT2D eigenvalue weighted by atomic mass is 10.1. The number of rotatable bonds is 5. The molecular weight excluding hydrogens is 356 g/mol. The second-order valence-electron chi connectivity index (χ2n) is 5.64. The maximum absolute atomic E-state index is 10.2. The number of aromatic nitrogens is 2. The van der Waals surface area contributed by atoms with E-state index in [0.29, 0.717) is 6.54 Å². The highest BCUT2D eigenvalue weighted by atomic mass is 79.9. The Morgan fingerprint density at radius 1 is 1.17 bits per heavy atom. The molecule has 2 aromatic carbocycles. The molecule has 3 rings (SSSR count). The van der Waals surface area contributed by atoms with E-state index in [-0.39, 0.29) is 6.61 Å². The van der Waals surface area contributed by atoms with Crippen molar-refractivity contribution in [2.45, 2.75) is 26.5 Å². The lowest BCUT2D eigenvalue weighted by Crippen LogP contribution is -2.24. The van der Waals surface area contributed by atoms with Crippen LogP contribution in [0.5, 0.6) is 5.75 Å². The van der Waals surface area contributed by atoms with Gasteiger partial charge in [-0.1, -0.05) is 30.3 Å². The normalized spacial score (nSPS) is 12.5. The molecule has 0 aliphatic rings. The summed E-state index contributed by atoms with van der Waals surface area (Å²) in [6, 6.07) is 14.1. The number of hydrogen-bond donors (Lipinski definition) is 1. The minimum absolute atomic E-state index is 0.230. The van der Waals surface area contributed by atoms with Crippen LogP contribution < -0.4 is 4.74 Å². The molecule has 0 radical (unpaired) electrons. The van der Waals surface area contributed by atoms with E-state index in [1.54, 1.807) is 4.68 Å². The first kappa shape index (κ1) is 16.0. The summed E-state index contributed by atoms with van der Waals surface area (Å²) in [5.74, 6) is 0.761. The third kappa shape index (κ3) is 3.57. The monoisotopic (exact) mass is 374 g/mol. The van der Waals surface area contributed by atoms with Crippen molar-refractivity contribution in [3.63, 3.8) is 0 Å². The average Bonchev–Trinajstić information content (AvgIpc) is 2.80. The number of benzene rings is 2. The van der Waals surface area contributed by atoms with Gasteiger partial charge in [0.2, 0.25) is 0 Å². The number of halogens is 1.